The van der Waals surface area contributed by atoms with Crippen molar-refractivity contribution in [2.24, 2.45) is 0 Å². The molecular formula is C13H16O3. The van der Waals surface area contributed by atoms with Crippen LogP contribution < -0.4 is 4.74 Å². The Morgan fingerprint density at radius 2 is 2.38 bits per heavy atom. The molecule has 0 fully saturated rings. The third-order valence-corrected chi connectivity index (χ3v) is 3.01. The van der Waals surface area contributed by atoms with E-state index in [0.29, 0.717) is 0 Å². The van der Waals surface area contributed by atoms with Crippen LogP contribution in [-0.4, -0.2) is 19.7 Å². The Morgan fingerprint density at radius 3 is 3.06 bits per heavy atom. The molecule has 0 bridgehead atoms. The standard InChI is InChI=1S/C13H16O3/c1-3-11(13(14)15-2)9-4-5-12-10(8-9)6-7-16-12/h4-5,8,11H,3,6-7H2,1-2H3. The smallest absolute Gasteiger partial charge is 0.313 e. The summed E-state index contributed by atoms with van der Waals surface area (Å²) in [5.41, 5.74) is 2.22. The van der Waals surface area contributed by atoms with E-state index in [1.807, 2.05) is 19.1 Å². The first kappa shape index (κ1) is 11.0. The maximum atomic E-state index is 11.6. The molecule has 3 nitrogen and oxygen atoms in total. The molecule has 1 heterocycles. The average Bonchev–Trinajstić information content (AvgIpc) is 2.77. The van der Waals surface area contributed by atoms with Crippen molar-refractivity contribution >= 4 is 5.97 Å². The molecule has 0 amide bonds. The third-order valence-electron chi connectivity index (χ3n) is 3.01. The first-order chi connectivity index (χ1) is 7.76. The summed E-state index contributed by atoms with van der Waals surface area (Å²) in [6.45, 7) is 2.74. The Hall–Kier alpha value is -1.51. The molecule has 1 aliphatic rings. The van der Waals surface area contributed by atoms with Crippen molar-refractivity contribution in [1.82, 2.24) is 0 Å². The summed E-state index contributed by atoms with van der Waals surface area (Å²) in [5, 5.41) is 0. The summed E-state index contributed by atoms with van der Waals surface area (Å²) in [6.07, 6.45) is 1.69. The minimum atomic E-state index is -0.165. The lowest BCUT2D eigenvalue weighted by atomic mass is 9.94. The van der Waals surface area contributed by atoms with Crippen molar-refractivity contribution in [2.45, 2.75) is 25.7 Å². The van der Waals surface area contributed by atoms with Gasteiger partial charge < -0.3 is 9.47 Å². The number of hydrogen-bond acceptors (Lipinski definition) is 3. The van der Waals surface area contributed by atoms with Crippen molar-refractivity contribution in [3.63, 3.8) is 0 Å². The van der Waals surface area contributed by atoms with E-state index < -0.39 is 0 Å². The molecule has 0 saturated carbocycles. The van der Waals surface area contributed by atoms with Gasteiger partial charge in [0.05, 0.1) is 19.6 Å². The van der Waals surface area contributed by atoms with Crippen LogP contribution in [0.5, 0.6) is 5.75 Å². The lowest BCUT2D eigenvalue weighted by Crippen LogP contribution is -2.13. The molecule has 3 heteroatoms. The zero-order chi connectivity index (χ0) is 11.5. The Bertz CT molecular complexity index is 398. The normalized spacial score (nSPS) is 15.1. The quantitative estimate of drug-likeness (QED) is 0.733. The number of carbonyl (C=O) groups is 1. The van der Waals surface area contributed by atoms with Crippen LogP contribution in [0.3, 0.4) is 0 Å². The van der Waals surface area contributed by atoms with Crippen LogP contribution in [0.1, 0.15) is 30.4 Å². The number of fused-ring (bicyclic) bond motifs is 1. The minimum Gasteiger partial charge on any atom is -0.493 e. The summed E-state index contributed by atoms with van der Waals surface area (Å²) in [6, 6.07) is 5.96. The van der Waals surface area contributed by atoms with E-state index in [1.165, 1.54) is 12.7 Å². The van der Waals surface area contributed by atoms with Gasteiger partial charge in [-0.1, -0.05) is 19.1 Å². The molecule has 1 aromatic carbocycles. The molecule has 0 spiro atoms. The number of ether oxygens (including phenoxy) is 2. The highest BCUT2D eigenvalue weighted by atomic mass is 16.5. The van der Waals surface area contributed by atoms with Crippen molar-refractivity contribution in [3.05, 3.63) is 29.3 Å². The molecule has 0 saturated heterocycles. The number of hydrogen-bond donors (Lipinski definition) is 0. The minimum absolute atomic E-state index is 0.157. The monoisotopic (exact) mass is 220 g/mol. The van der Waals surface area contributed by atoms with Gasteiger partial charge in [-0.15, -0.1) is 0 Å². The van der Waals surface area contributed by atoms with E-state index in [2.05, 4.69) is 6.07 Å². The average molecular weight is 220 g/mol. The summed E-state index contributed by atoms with van der Waals surface area (Å²) < 4.78 is 10.2. The molecule has 86 valence electrons. The first-order valence-corrected chi connectivity index (χ1v) is 5.59. The third kappa shape index (κ3) is 1.90. The van der Waals surface area contributed by atoms with Gasteiger partial charge in [-0.05, 0) is 23.6 Å². The topological polar surface area (TPSA) is 35.5 Å². The number of carbonyl (C=O) groups excluding carboxylic acids is 1. The summed E-state index contributed by atoms with van der Waals surface area (Å²) in [7, 11) is 1.43. The van der Waals surface area contributed by atoms with E-state index in [9.17, 15) is 4.79 Å². The van der Waals surface area contributed by atoms with E-state index in [4.69, 9.17) is 9.47 Å². The Morgan fingerprint density at radius 1 is 1.56 bits per heavy atom. The second-order valence-electron chi connectivity index (χ2n) is 3.95. The van der Waals surface area contributed by atoms with Gasteiger partial charge in [0.2, 0.25) is 0 Å². The number of methoxy groups -OCH3 is 1. The second-order valence-corrected chi connectivity index (χ2v) is 3.95. The van der Waals surface area contributed by atoms with Crippen LogP contribution in [-0.2, 0) is 16.0 Å². The SMILES string of the molecule is CCC(C(=O)OC)c1ccc2c(c1)CCO2. The molecule has 1 atom stereocenters. The molecule has 1 aliphatic heterocycles. The van der Waals surface area contributed by atoms with Crippen LogP contribution in [0.4, 0.5) is 0 Å². The van der Waals surface area contributed by atoms with Crippen molar-refractivity contribution < 1.29 is 14.3 Å². The van der Waals surface area contributed by atoms with Crippen molar-refractivity contribution in [3.8, 4) is 5.75 Å². The highest BCUT2D eigenvalue weighted by Gasteiger charge is 2.21. The molecule has 0 aromatic heterocycles. The predicted octanol–water partition coefficient (Wildman–Crippen LogP) is 2.29. The van der Waals surface area contributed by atoms with Gasteiger partial charge in [0.1, 0.15) is 5.75 Å². The van der Waals surface area contributed by atoms with Crippen LogP contribution in [0.2, 0.25) is 0 Å². The predicted molar refractivity (Wildman–Crippen MR) is 60.7 cm³/mol. The molecule has 0 N–H and O–H groups in total. The zero-order valence-electron chi connectivity index (χ0n) is 9.66. The van der Waals surface area contributed by atoms with Crippen LogP contribution in [0.25, 0.3) is 0 Å². The summed E-state index contributed by atoms with van der Waals surface area (Å²) >= 11 is 0. The zero-order valence-corrected chi connectivity index (χ0v) is 9.66. The van der Waals surface area contributed by atoms with Gasteiger partial charge in [0.25, 0.3) is 0 Å². The van der Waals surface area contributed by atoms with Gasteiger partial charge in [-0.3, -0.25) is 4.79 Å². The van der Waals surface area contributed by atoms with E-state index in [-0.39, 0.29) is 11.9 Å². The molecule has 16 heavy (non-hydrogen) atoms. The Labute approximate surface area is 95.4 Å². The van der Waals surface area contributed by atoms with Crippen molar-refractivity contribution in [2.75, 3.05) is 13.7 Å². The van der Waals surface area contributed by atoms with Crippen LogP contribution in [0, 0.1) is 0 Å². The maximum absolute atomic E-state index is 11.6. The first-order valence-electron chi connectivity index (χ1n) is 5.59. The Kier molecular flexibility index (Phi) is 3.13. The maximum Gasteiger partial charge on any atom is 0.313 e. The van der Waals surface area contributed by atoms with Gasteiger partial charge >= 0.3 is 5.97 Å². The molecule has 1 unspecified atom stereocenters. The molecule has 1 aromatic rings. The van der Waals surface area contributed by atoms with E-state index in [0.717, 1.165) is 30.8 Å². The second kappa shape index (κ2) is 4.56. The van der Waals surface area contributed by atoms with Crippen LogP contribution >= 0.6 is 0 Å². The number of esters is 1. The van der Waals surface area contributed by atoms with Crippen molar-refractivity contribution in [1.29, 1.82) is 0 Å². The fourth-order valence-electron chi connectivity index (χ4n) is 2.10. The van der Waals surface area contributed by atoms with Gasteiger partial charge in [-0.25, -0.2) is 0 Å². The number of rotatable bonds is 3. The highest BCUT2D eigenvalue weighted by molar-refractivity contribution is 5.78. The highest BCUT2D eigenvalue weighted by Crippen LogP contribution is 2.30. The fraction of sp³-hybridized carbons (Fsp3) is 0.462. The van der Waals surface area contributed by atoms with Gasteiger partial charge in [-0.2, -0.15) is 0 Å². The van der Waals surface area contributed by atoms with Crippen LogP contribution in [0.15, 0.2) is 18.2 Å². The lowest BCUT2D eigenvalue weighted by molar-refractivity contribution is -0.142. The Balaban J connectivity index is 2.29. The molecular weight excluding hydrogens is 204 g/mol. The number of benzene rings is 1. The summed E-state index contributed by atoms with van der Waals surface area (Å²) in [5.74, 6) is 0.626. The lowest BCUT2D eigenvalue weighted by Gasteiger charge is -2.13. The van der Waals surface area contributed by atoms with E-state index in [1.54, 1.807) is 0 Å². The molecule has 2 rings (SSSR count). The summed E-state index contributed by atoms with van der Waals surface area (Å²) in [4.78, 5) is 11.6. The van der Waals surface area contributed by atoms with E-state index >= 15 is 0 Å². The van der Waals surface area contributed by atoms with Gasteiger partial charge in [0.15, 0.2) is 0 Å². The molecule has 0 aliphatic carbocycles. The molecule has 0 radical (unpaired) electrons. The fourth-order valence-corrected chi connectivity index (χ4v) is 2.10. The van der Waals surface area contributed by atoms with Gasteiger partial charge in [0, 0.05) is 6.42 Å². The largest absolute Gasteiger partial charge is 0.493 e.